The SMILES string of the molecule is CCCOC(=O)C(c1cc(F)cc(F)c1)=S(C)(C)=O. The molecule has 0 radical (unpaired) electrons. The number of rotatable bonds is 4. The first-order chi connectivity index (χ1) is 8.75. The lowest BCUT2D eigenvalue weighted by Gasteiger charge is -2.11. The van der Waals surface area contributed by atoms with E-state index in [4.69, 9.17) is 4.74 Å². The van der Waals surface area contributed by atoms with Gasteiger partial charge in [-0.3, -0.25) is 4.21 Å². The van der Waals surface area contributed by atoms with E-state index in [9.17, 15) is 17.8 Å². The number of carbonyl (C=O) groups excluding carboxylic acids is 1. The van der Waals surface area contributed by atoms with Crippen molar-refractivity contribution in [3.8, 4) is 0 Å². The molecule has 0 spiro atoms. The predicted octanol–water partition coefficient (Wildman–Crippen LogP) is 1.98. The van der Waals surface area contributed by atoms with Crippen LogP contribution in [0.25, 0.3) is 0 Å². The zero-order valence-electron chi connectivity index (χ0n) is 11.0. The minimum Gasteiger partial charge on any atom is -0.462 e. The van der Waals surface area contributed by atoms with Crippen molar-refractivity contribution in [3.63, 3.8) is 0 Å². The zero-order valence-corrected chi connectivity index (χ0v) is 11.9. The van der Waals surface area contributed by atoms with Crippen LogP contribution < -0.4 is 0 Å². The molecule has 19 heavy (non-hydrogen) atoms. The third-order valence-corrected chi connectivity index (χ3v) is 3.62. The van der Waals surface area contributed by atoms with Gasteiger partial charge in [-0.05, 0) is 28.1 Å². The van der Waals surface area contributed by atoms with Gasteiger partial charge in [0.05, 0.1) is 6.61 Å². The van der Waals surface area contributed by atoms with Gasteiger partial charge in [-0.25, -0.2) is 13.6 Å². The van der Waals surface area contributed by atoms with Crippen LogP contribution >= 0.6 is 0 Å². The molecule has 3 nitrogen and oxygen atoms in total. The van der Waals surface area contributed by atoms with Crippen molar-refractivity contribution < 1.29 is 22.5 Å². The van der Waals surface area contributed by atoms with Crippen molar-refractivity contribution >= 4 is 20.4 Å². The molecule has 0 saturated carbocycles. The first kappa shape index (κ1) is 15.6. The molecule has 0 unspecified atom stereocenters. The van der Waals surface area contributed by atoms with Gasteiger partial charge in [0.25, 0.3) is 0 Å². The van der Waals surface area contributed by atoms with Gasteiger partial charge in [0, 0.05) is 24.1 Å². The third-order valence-electron chi connectivity index (χ3n) is 2.24. The highest BCUT2D eigenvalue weighted by molar-refractivity contribution is 8.02. The molecule has 0 aliphatic rings. The van der Waals surface area contributed by atoms with Crippen molar-refractivity contribution in [2.75, 3.05) is 19.1 Å². The van der Waals surface area contributed by atoms with Crippen LogP contribution in [0.1, 0.15) is 18.9 Å². The highest BCUT2D eigenvalue weighted by Crippen LogP contribution is 2.12. The highest BCUT2D eigenvalue weighted by Gasteiger charge is 2.20. The van der Waals surface area contributed by atoms with E-state index < -0.39 is 27.1 Å². The maximum absolute atomic E-state index is 13.2. The van der Waals surface area contributed by atoms with Gasteiger partial charge in [-0.2, -0.15) is 0 Å². The Balaban J connectivity index is 3.36. The first-order valence-electron chi connectivity index (χ1n) is 5.70. The first-order valence-corrected chi connectivity index (χ1v) is 8.08. The molecule has 0 aromatic heterocycles. The number of benzene rings is 1. The van der Waals surface area contributed by atoms with Gasteiger partial charge in [0.1, 0.15) is 16.5 Å². The van der Waals surface area contributed by atoms with E-state index in [1.54, 1.807) is 0 Å². The minimum atomic E-state index is -2.72. The van der Waals surface area contributed by atoms with Crippen LogP contribution in [0, 0.1) is 11.6 Å². The summed E-state index contributed by atoms with van der Waals surface area (Å²) in [5.41, 5.74) is -0.0476. The van der Waals surface area contributed by atoms with E-state index in [1.807, 2.05) is 6.92 Å². The lowest BCUT2D eigenvalue weighted by molar-refractivity contribution is -0.135. The van der Waals surface area contributed by atoms with Crippen LogP contribution in [-0.4, -0.2) is 34.2 Å². The topological polar surface area (TPSA) is 43.4 Å². The van der Waals surface area contributed by atoms with Gasteiger partial charge in [-0.1, -0.05) is 6.92 Å². The maximum atomic E-state index is 13.2. The maximum Gasteiger partial charge on any atom is 0.346 e. The Morgan fingerprint density at radius 1 is 1.21 bits per heavy atom. The Morgan fingerprint density at radius 3 is 2.16 bits per heavy atom. The molecular formula is C13H16F2O3S. The largest absolute Gasteiger partial charge is 0.462 e. The summed E-state index contributed by atoms with van der Waals surface area (Å²) in [6, 6.07) is 2.63. The molecule has 0 bridgehead atoms. The van der Waals surface area contributed by atoms with Gasteiger partial charge in [-0.15, -0.1) is 0 Å². The second-order valence-electron chi connectivity index (χ2n) is 4.36. The van der Waals surface area contributed by atoms with Gasteiger partial charge < -0.3 is 4.74 Å². The average molecular weight is 290 g/mol. The van der Waals surface area contributed by atoms with Crippen LogP contribution in [0.2, 0.25) is 0 Å². The van der Waals surface area contributed by atoms with Crippen LogP contribution in [0.15, 0.2) is 18.2 Å². The highest BCUT2D eigenvalue weighted by atomic mass is 32.2. The van der Waals surface area contributed by atoms with E-state index in [-0.39, 0.29) is 17.0 Å². The Kier molecular flexibility index (Phi) is 5.05. The smallest absolute Gasteiger partial charge is 0.346 e. The van der Waals surface area contributed by atoms with E-state index in [0.29, 0.717) is 12.5 Å². The fourth-order valence-corrected chi connectivity index (χ4v) is 2.69. The Bertz CT molecular complexity index is 574. The van der Waals surface area contributed by atoms with Crippen LogP contribution in [-0.2, 0) is 19.1 Å². The van der Waals surface area contributed by atoms with Crippen molar-refractivity contribution in [3.05, 3.63) is 35.4 Å². The number of hydrogen-bond donors (Lipinski definition) is 0. The molecule has 106 valence electrons. The fourth-order valence-electron chi connectivity index (χ4n) is 1.55. The van der Waals surface area contributed by atoms with E-state index >= 15 is 0 Å². The normalized spacial score (nSPS) is 11.2. The molecule has 0 amide bonds. The standard InChI is InChI=1S/C13H16F2O3S/c1-4-5-18-13(16)12(19(2,3)17)9-6-10(14)8-11(15)7-9/h6-8H,4-5H2,1-3H3. The summed E-state index contributed by atoms with van der Waals surface area (Å²) in [5, 5.41) is 0. The molecule has 0 aliphatic heterocycles. The van der Waals surface area contributed by atoms with E-state index in [0.717, 1.165) is 12.1 Å². The van der Waals surface area contributed by atoms with Crippen LogP contribution in [0.3, 0.4) is 0 Å². The van der Waals surface area contributed by atoms with E-state index in [1.165, 1.54) is 12.5 Å². The van der Waals surface area contributed by atoms with Gasteiger partial charge in [0.15, 0.2) is 0 Å². The molecule has 1 aromatic carbocycles. The number of esters is 1. The third kappa shape index (κ3) is 4.31. The van der Waals surface area contributed by atoms with Crippen molar-refractivity contribution in [2.24, 2.45) is 0 Å². The Morgan fingerprint density at radius 2 is 1.74 bits per heavy atom. The number of hydrogen-bond acceptors (Lipinski definition) is 3. The summed E-state index contributed by atoms with van der Waals surface area (Å²) >= 11 is 0. The van der Waals surface area contributed by atoms with Gasteiger partial charge >= 0.3 is 5.97 Å². The summed E-state index contributed by atoms with van der Waals surface area (Å²) in [5.74, 6) is -2.47. The molecule has 0 aliphatic carbocycles. The van der Waals surface area contributed by atoms with Gasteiger partial charge in [0.2, 0.25) is 0 Å². The number of ether oxygens (including phenoxy) is 1. The lowest BCUT2D eigenvalue weighted by atomic mass is 10.1. The summed E-state index contributed by atoms with van der Waals surface area (Å²) in [6.45, 7) is 1.97. The molecular weight excluding hydrogens is 274 g/mol. The second-order valence-corrected chi connectivity index (χ2v) is 7.23. The zero-order chi connectivity index (χ0) is 14.6. The fraction of sp³-hybridized carbons (Fsp3) is 0.385. The summed E-state index contributed by atoms with van der Waals surface area (Å²) in [6.07, 6.45) is 3.27. The van der Waals surface area contributed by atoms with Crippen molar-refractivity contribution in [1.82, 2.24) is 0 Å². The van der Waals surface area contributed by atoms with Crippen molar-refractivity contribution in [1.29, 1.82) is 0 Å². The Labute approximate surface area is 111 Å². The van der Waals surface area contributed by atoms with Crippen LogP contribution in [0.4, 0.5) is 8.78 Å². The molecule has 0 saturated heterocycles. The minimum absolute atomic E-state index is 0.0476. The van der Waals surface area contributed by atoms with Crippen LogP contribution in [0.5, 0.6) is 0 Å². The summed E-state index contributed by atoms with van der Waals surface area (Å²) in [7, 11) is -2.72. The molecule has 1 rings (SSSR count). The predicted molar refractivity (Wildman–Crippen MR) is 71.7 cm³/mol. The second kappa shape index (κ2) is 6.14. The van der Waals surface area contributed by atoms with E-state index in [2.05, 4.69) is 0 Å². The monoisotopic (exact) mass is 290 g/mol. The molecule has 0 N–H and O–H groups in total. The molecule has 6 heteroatoms. The average Bonchev–Trinajstić information content (AvgIpc) is 2.23. The van der Waals surface area contributed by atoms with Crippen molar-refractivity contribution in [2.45, 2.75) is 13.3 Å². The molecule has 1 aromatic rings. The quantitative estimate of drug-likeness (QED) is 0.484. The molecule has 0 fully saturated rings. The summed E-state index contributed by atoms with van der Waals surface area (Å²) in [4.78, 5) is 11.7. The lowest BCUT2D eigenvalue weighted by Crippen LogP contribution is -2.26. The summed E-state index contributed by atoms with van der Waals surface area (Å²) < 4.78 is 43.4. The number of carbonyl (C=O) groups is 1. The number of halogens is 2. The molecule has 0 heterocycles. The molecule has 0 atom stereocenters. The Hall–Kier alpha value is -1.43.